The third-order valence-corrected chi connectivity index (χ3v) is 4.28. The molecule has 3 rings (SSSR count). The van der Waals surface area contributed by atoms with Crippen LogP contribution < -0.4 is 10.6 Å². The molecule has 112 valence electrons. The Kier molecular flexibility index (Phi) is 3.77. The lowest BCUT2D eigenvalue weighted by atomic mass is 9.94. The highest BCUT2D eigenvalue weighted by atomic mass is 16.6. The number of hydrogen-bond acceptors (Lipinski definition) is 4. The van der Waals surface area contributed by atoms with Gasteiger partial charge in [0.2, 0.25) is 5.91 Å². The smallest absolute Gasteiger partial charge is 0.292 e. The zero-order chi connectivity index (χ0) is 14.8. The summed E-state index contributed by atoms with van der Waals surface area (Å²) in [6.45, 7) is 0. The topological polar surface area (TPSA) is 84.3 Å². The number of nitrogens with zero attached hydrogens (tertiary/aromatic N) is 1. The second-order valence-electron chi connectivity index (χ2n) is 5.81. The highest BCUT2D eigenvalue weighted by molar-refractivity contribution is 5.95. The molecule has 1 aromatic carbocycles. The first-order valence-electron chi connectivity index (χ1n) is 7.51. The zero-order valence-corrected chi connectivity index (χ0v) is 11.9. The van der Waals surface area contributed by atoms with E-state index in [0.717, 1.165) is 31.2 Å². The molecule has 1 aliphatic carbocycles. The third-order valence-electron chi connectivity index (χ3n) is 4.28. The molecule has 6 heteroatoms. The van der Waals surface area contributed by atoms with Crippen molar-refractivity contribution in [2.75, 3.05) is 10.6 Å². The Labute approximate surface area is 123 Å². The molecule has 1 fully saturated rings. The largest absolute Gasteiger partial charge is 0.377 e. The number of anilines is 2. The summed E-state index contributed by atoms with van der Waals surface area (Å²) in [5, 5.41) is 17.4. The normalized spacial score (nSPS) is 18.8. The summed E-state index contributed by atoms with van der Waals surface area (Å²) in [4.78, 5) is 22.4. The minimum absolute atomic E-state index is 0.0278. The van der Waals surface area contributed by atoms with E-state index in [0.29, 0.717) is 24.2 Å². The van der Waals surface area contributed by atoms with Gasteiger partial charge in [-0.3, -0.25) is 14.9 Å². The standard InChI is InChI=1S/C15H19N3O3/c19-15-7-6-10-8-14(18(20)21)13(9-12(10)17-15)16-11-4-2-1-3-5-11/h8-9,11,16H,1-7H2,(H,17,19). The van der Waals surface area contributed by atoms with E-state index in [4.69, 9.17) is 0 Å². The lowest BCUT2D eigenvalue weighted by molar-refractivity contribution is -0.384. The Hall–Kier alpha value is -2.11. The van der Waals surface area contributed by atoms with Crippen molar-refractivity contribution in [3.8, 4) is 0 Å². The molecule has 0 aromatic heterocycles. The summed E-state index contributed by atoms with van der Waals surface area (Å²) >= 11 is 0. The molecule has 6 nitrogen and oxygen atoms in total. The number of nitro benzene ring substituents is 1. The molecule has 2 aliphatic rings. The average Bonchev–Trinajstić information content (AvgIpc) is 2.47. The predicted octanol–water partition coefficient (Wildman–Crippen LogP) is 3.22. The van der Waals surface area contributed by atoms with Crippen molar-refractivity contribution < 1.29 is 9.72 Å². The summed E-state index contributed by atoms with van der Waals surface area (Å²) < 4.78 is 0. The molecule has 2 N–H and O–H groups in total. The number of aryl methyl sites for hydroxylation is 1. The van der Waals surface area contributed by atoms with Crippen LogP contribution in [0.3, 0.4) is 0 Å². The number of amides is 1. The van der Waals surface area contributed by atoms with Crippen LogP contribution >= 0.6 is 0 Å². The first-order valence-corrected chi connectivity index (χ1v) is 7.51. The van der Waals surface area contributed by atoms with E-state index in [1.807, 2.05) is 0 Å². The van der Waals surface area contributed by atoms with Crippen LogP contribution in [0.2, 0.25) is 0 Å². The van der Waals surface area contributed by atoms with Gasteiger partial charge in [0.15, 0.2) is 0 Å². The molecular formula is C15H19N3O3. The molecule has 21 heavy (non-hydrogen) atoms. The Morgan fingerprint density at radius 3 is 2.67 bits per heavy atom. The summed E-state index contributed by atoms with van der Waals surface area (Å²) in [5.74, 6) is -0.0278. The van der Waals surface area contributed by atoms with Crippen molar-refractivity contribution in [3.63, 3.8) is 0 Å². The van der Waals surface area contributed by atoms with Crippen LogP contribution in [0.25, 0.3) is 0 Å². The van der Waals surface area contributed by atoms with Crippen molar-refractivity contribution in [1.29, 1.82) is 0 Å². The minimum atomic E-state index is -0.345. The Balaban J connectivity index is 1.91. The van der Waals surface area contributed by atoms with Gasteiger partial charge in [-0.15, -0.1) is 0 Å². The molecular weight excluding hydrogens is 270 g/mol. The molecule has 0 unspecified atom stereocenters. The second-order valence-corrected chi connectivity index (χ2v) is 5.81. The molecule has 1 amide bonds. The van der Waals surface area contributed by atoms with E-state index >= 15 is 0 Å². The van der Waals surface area contributed by atoms with Gasteiger partial charge in [-0.2, -0.15) is 0 Å². The number of carbonyl (C=O) groups is 1. The molecule has 0 bridgehead atoms. The van der Waals surface area contributed by atoms with Crippen LogP contribution in [-0.4, -0.2) is 16.9 Å². The van der Waals surface area contributed by atoms with Gasteiger partial charge in [0.1, 0.15) is 5.69 Å². The first kappa shape index (κ1) is 13.9. The number of nitro groups is 1. The Morgan fingerprint density at radius 1 is 1.19 bits per heavy atom. The fourth-order valence-electron chi connectivity index (χ4n) is 3.15. The van der Waals surface area contributed by atoms with Gasteiger partial charge in [-0.05, 0) is 30.9 Å². The average molecular weight is 289 g/mol. The number of carbonyl (C=O) groups excluding carboxylic acids is 1. The van der Waals surface area contributed by atoms with E-state index in [1.165, 1.54) is 6.42 Å². The van der Waals surface area contributed by atoms with E-state index in [1.54, 1.807) is 12.1 Å². The number of nitrogens with one attached hydrogen (secondary N) is 2. The first-order chi connectivity index (χ1) is 10.1. The van der Waals surface area contributed by atoms with Crippen LogP contribution in [0, 0.1) is 10.1 Å². The summed E-state index contributed by atoms with van der Waals surface area (Å²) in [6.07, 6.45) is 6.59. The minimum Gasteiger partial charge on any atom is -0.377 e. The van der Waals surface area contributed by atoms with Crippen molar-refractivity contribution in [1.82, 2.24) is 0 Å². The highest BCUT2D eigenvalue weighted by Crippen LogP contribution is 2.35. The SMILES string of the molecule is O=C1CCc2cc([N+](=O)[O-])c(NC3CCCCC3)cc2N1. The third kappa shape index (κ3) is 2.99. The monoisotopic (exact) mass is 289 g/mol. The van der Waals surface area contributed by atoms with Crippen molar-refractivity contribution >= 4 is 23.0 Å². The van der Waals surface area contributed by atoms with E-state index in [2.05, 4.69) is 10.6 Å². The highest BCUT2D eigenvalue weighted by Gasteiger charge is 2.24. The van der Waals surface area contributed by atoms with Crippen LogP contribution in [0.15, 0.2) is 12.1 Å². The number of benzene rings is 1. The fourth-order valence-corrected chi connectivity index (χ4v) is 3.15. The van der Waals surface area contributed by atoms with Gasteiger partial charge in [-0.25, -0.2) is 0 Å². The molecule has 1 saturated carbocycles. The molecule has 1 heterocycles. The second kappa shape index (κ2) is 5.71. The van der Waals surface area contributed by atoms with Gasteiger partial charge < -0.3 is 10.6 Å². The van der Waals surface area contributed by atoms with Gasteiger partial charge in [0.25, 0.3) is 5.69 Å². The molecule has 0 radical (unpaired) electrons. The van der Waals surface area contributed by atoms with E-state index < -0.39 is 0 Å². The number of hydrogen-bond donors (Lipinski definition) is 2. The maximum absolute atomic E-state index is 11.5. The maximum Gasteiger partial charge on any atom is 0.292 e. The van der Waals surface area contributed by atoms with Crippen molar-refractivity contribution in [2.24, 2.45) is 0 Å². The molecule has 1 aromatic rings. The summed E-state index contributed by atoms with van der Waals surface area (Å²) in [7, 11) is 0. The number of fused-ring (bicyclic) bond motifs is 1. The van der Waals surface area contributed by atoms with Gasteiger partial charge >= 0.3 is 0 Å². The lowest BCUT2D eigenvalue weighted by Gasteiger charge is -2.25. The molecule has 0 spiro atoms. The van der Waals surface area contributed by atoms with Gasteiger partial charge in [0.05, 0.1) is 4.92 Å². The molecule has 0 atom stereocenters. The lowest BCUT2D eigenvalue weighted by Crippen LogP contribution is -2.24. The predicted molar refractivity (Wildman–Crippen MR) is 80.5 cm³/mol. The Bertz CT molecular complexity index is 580. The summed E-state index contributed by atoms with van der Waals surface area (Å²) in [6, 6.07) is 3.61. The van der Waals surface area contributed by atoms with E-state index in [-0.39, 0.29) is 22.6 Å². The van der Waals surface area contributed by atoms with Gasteiger partial charge in [-0.1, -0.05) is 19.3 Å². The Morgan fingerprint density at radius 2 is 1.95 bits per heavy atom. The molecule has 1 aliphatic heterocycles. The van der Waals surface area contributed by atoms with Crippen LogP contribution in [0.4, 0.5) is 17.1 Å². The zero-order valence-electron chi connectivity index (χ0n) is 11.9. The van der Waals surface area contributed by atoms with Crippen LogP contribution in [0.5, 0.6) is 0 Å². The van der Waals surface area contributed by atoms with Crippen molar-refractivity contribution in [3.05, 3.63) is 27.8 Å². The van der Waals surface area contributed by atoms with E-state index in [9.17, 15) is 14.9 Å². The van der Waals surface area contributed by atoms with Crippen LogP contribution in [-0.2, 0) is 11.2 Å². The summed E-state index contributed by atoms with van der Waals surface area (Å²) in [5.41, 5.74) is 2.17. The number of rotatable bonds is 3. The maximum atomic E-state index is 11.5. The molecule has 0 saturated heterocycles. The fraction of sp³-hybridized carbons (Fsp3) is 0.533. The quantitative estimate of drug-likeness (QED) is 0.661. The van der Waals surface area contributed by atoms with Gasteiger partial charge in [0, 0.05) is 24.2 Å². The van der Waals surface area contributed by atoms with Crippen LogP contribution in [0.1, 0.15) is 44.1 Å². The van der Waals surface area contributed by atoms with Crippen molar-refractivity contribution in [2.45, 2.75) is 51.0 Å².